The molecule has 0 fully saturated rings. The summed E-state index contributed by atoms with van der Waals surface area (Å²) in [6.07, 6.45) is 0.860. The molecule has 0 saturated heterocycles. The van der Waals surface area contributed by atoms with Crippen LogP contribution in [0.4, 0.5) is 9.18 Å². The molecule has 2 unspecified atom stereocenters. The Morgan fingerprint density at radius 1 is 1.26 bits per heavy atom. The number of carbonyl (C=O) groups excluding carboxylic acids is 2. The van der Waals surface area contributed by atoms with E-state index >= 15 is 0 Å². The van der Waals surface area contributed by atoms with Crippen LogP contribution in [0, 0.1) is 11.7 Å². The summed E-state index contributed by atoms with van der Waals surface area (Å²) in [7, 11) is 0. The maximum Gasteiger partial charge on any atom is 0.337 e. The number of hydrogen-bond donors (Lipinski definition) is 3. The predicted molar refractivity (Wildman–Crippen MR) is 140 cm³/mol. The van der Waals surface area contributed by atoms with Crippen LogP contribution in [-0.2, 0) is 29.0 Å². The van der Waals surface area contributed by atoms with E-state index in [1.54, 1.807) is 17.4 Å². The van der Waals surface area contributed by atoms with E-state index in [0.29, 0.717) is 17.1 Å². The lowest BCUT2D eigenvalue weighted by Gasteiger charge is -2.22. The fraction of sp³-hybridized carbons (Fsp3) is 0.462. The number of hydrogen-bond acceptors (Lipinski definition) is 6. The number of benzene rings is 1. The minimum Gasteiger partial charge on any atom is -0.457 e. The number of nitrogens with one attached hydrogen (secondary N) is 3. The predicted octanol–water partition coefficient (Wildman–Crippen LogP) is 5.32. The summed E-state index contributed by atoms with van der Waals surface area (Å²) in [5, 5.41) is 9.92. The van der Waals surface area contributed by atoms with Crippen LogP contribution in [0.15, 0.2) is 34.9 Å². The number of carbonyl (C=O) groups is 2. The number of halogens is 1. The first-order valence-corrected chi connectivity index (χ1v) is 13.5. The lowest BCUT2D eigenvalue weighted by atomic mass is 9.99. The molecule has 2 aliphatic rings. The first-order chi connectivity index (χ1) is 16.5. The average molecular weight is 518 g/mol. The lowest BCUT2D eigenvalue weighted by Crippen LogP contribution is -2.35. The molecule has 3 N–H and O–H groups in total. The van der Waals surface area contributed by atoms with Gasteiger partial charge < -0.3 is 20.7 Å². The molecule has 3 heterocycles. The Kier molecular flexibility index (Phi) is 7.59. The Morgan fingerprint density at radius 3 is 2.74 bits per heavy atom. The SMILES string of the molecule is CC1SC(NC(=O)NCc2c(-c3cccc(F)c3)sc3c2CCNC3)=C(C(=O)OC(C)(C)C)C1C. The Balaban J connectivity index is 1.53. The highest BCUT2D eigenvalue weighted by atomic mass is 32.2. The van der Waals surface area contributed by atoms with Crippen LogP contribution in [0.1, 0.15) is 50.6 Å². The smallest absolute Gasteiger partial charge is 0.337 e. The van der Waals surface area contributed by atoms with E-state index in [2.05, 4.69) is 16.0 Å². The zero-order chi connectivity index (χ0) is 25.3. The molecule has 6 nitrogen and oxygen atoms in total. The molecule has 0 aliphatic carbocycles. The minimum absolute atomic E-state index is 0.0406. The Bertz CT molecular complexity index is 1170. The third-order valence-electron chi connectivity index (χ3n) is 6.10. The van der Waals surface area contributed by atoms with Crippen LogP contribution in [0.5, 0.6) is 0 Å². The average Bonchev–Trinajstić information content (AvgIpc) is 3.28. The highest BCUT2D eigenvalue weighted by molar-refractivity contribution is 8.04. The molecule has 2 aliphatic heterocycles. The summed E-state index contributed by atoms with van der Waals surface area (Å²) in [6.45, 7) is 11.4. The molecule has 1 aromatic carbocycles. The van der Waals surface area contributed by atoms with E-state index in [9.17, 15) is 14.0 Å². The van der Waals surface area contributed by atoms with Crippen LogP contribution in [-0.4, -0.2) is 29.4 Å². The summed E-state index contributed by atoms with van der Waals surface area (Å²) in [6, 6.07) is 6.18. The van der Waals surface area contributed by atoms with Crippen LogP contribution >= 0.6 is 23.1 Å². The molecule has 1 aromatic heterocycles. The fourth-order valence-corrected chi connectivity index (χ4v) is 6.86. The monoisotopic (exact) mass is 517 g/mol. The molecule has 2 amide bonds. The second kappa shape index (κ2) is 10.3. The number of thiophene rings is 1. The van der Waals surface area contributed by atoms with Gasteiger partial charge in [0.15, 0.2) is 0 Å². The molecule has 188 valence electrons. The van der Waals surface area contributed by atoms with Crippen molar-refractivity contribution in [2.75, 3.05) is 6.54 Å². The molecule has 2 aromatic rings. The number of urea groups is 1. The summed E-state index contributed by atoms with van der Waals surface area (Å²) >= 11 is 3.11. The number of esters is 1. The van der Waals surface area contributed by atoms with Crippen molar-refractivity contribution in [2.24, 2.45) is 5.92 Å². The molecular formula is C26H32FN3O3S2. The van der Waals surface area contributed by atoms with Crippen molar-refractivity contribution < 1.29 is 18.7 Å². The van der Waals surface area contributed by atoms with Gasteiger partial charge in [-0.05, 0) is 62.6 Å². The van der Waals surface area contributed by atoms with E-state index in [1.165, 1.54) is 34.3 Å². The van der Waals surface area contributed by atoms with Crippen molar-refractivity contribution in [2.45, 2.75) is 65.0 Å². The van der Waals surface area contributed by atoms with Crippen molar-refractivity contribution in [3.05, 3.63) is 56.7 Å². The maximum absolute atomic E-state index is 13.9. The van der Waals surface area contributed by atoms with Crippen LogP contribution in [0.25, 0.3) is 10.4 Å². The highest BCUT2D eigenvalue weighted by Crippen LogP contribution is 2.42. The molecule has 4 rings (SSSR count). The van der Waals surface area contributed by atoms with Crippen molar-refractivity contribution in [3.63, 3.8) is 0 Å². The molecule has 0 radical (unpaired) electrons. The van der Waals surface area contributed by atoms with Crippen molar-refractivity contribution in [1.82, 2.24) is 16.0 Å². The van der Waals surface area contributed by atoms with Gasteiger partial charge in [-0.15, -0.1) is 23.1 Å². The van der Waals surface area contributed by atoms with Gasteiger partial charge in [-0.3, -0.25) is 0 Å². The highest BCUT2D eigenvalue weighted by Gasteiger charge is 2.37. The quantitative estimate of drug-likeness (QED) is 0.468. The fourth-order valence-electron chi connectivity index (χ4n) is 4.27. The zero-order valence-corrected chi connectivity index (χ0v) is 22.3. The van der Waals surface area contributed by atoms with Crippen molar-refractivity contribution >= 4 is 35.1 Å². The van der Waals surface area contributed by atoms with E-state index in [0.717, 1.165) is 35.5 Å². The lowest BCUT2D eigenvalue weighted by molar-refractivity contribution is -0.150. The van der Waals surface area contributed by atoms with Gasteiger partial charge in [0, 0.05) is 34.0 Å². The van der Waals surface area contributed by atoms with Gasteiger partial charge in [0.2, 0.25) is 0 Å². The van der Waals surface area contributed by atoms with Crippen LogP contribution in [0.3, 0.4) is 0 Å². The maximum atomic E-state index is 13.9. The Labute approximate surface area is 214 Å². The van der Waals surface area contributed by atoms with Crippen molar-refractivity contribution in [1.29, 1.82) is 0 Å². The van der Waals surface area contributed by atoms with Gasteiger partial charge in [-0.25, -0.2) is 14.0 Å². The van der Waals surface area contributed by atoms with Gasteiger partial charge in [0.1, 0.15) is 11.4 Å². The van der Waals surface area contributed by atoms with Gasteiger partial charge in [-0.1, -0.05) is 26.0 Å². The number of rotatable bonds is 5. The standard InChI is InChI=1S/C26H32FN3O3S2/c1-14-15(2)34-23(21(14)24(31)33-26(3,4)5)30-25(32)29-12-19-18-9-10-28-13-20(18)35-22(19)16-7-6-8-17(27)11-16/h6-8,11,14-15,28H,9-10,12-13H2,1-5H3,(H2,29,30,32). The van der Waals surface area contributed by atoms with Gasteiger partial charge in [0.25, 0.3) is 0 Å². The number of ether oxygens (including phenoxy) is 1. The third-order valence-corrected chi connectivity index (χ3v) is 8.76. The molecular weight excluding hydrogens is 485 g/mol. The summed E-state index contributed by atoms with van der Waals surface area (Å²) in [5.74, 6) is -0.724. The first kappa shape index (κ1) is 25.7. The second-order valence-electron chi connectivity index (χ2n) is 9.91. The van der Waals surface area contributed by atoms with Gasteiger partial charge >= 0.3 is 12.0 Å². The summed E-state index contributed by atoms with van der Waals surface area (Å²) in [4.78, 5) is 28.0. The van der Waals surface area contributed by atoms with Crippen LogP contribution < -0.4 is 16.0 Å². The number of fused-ring (bicyclic) bond motifs is 1. The topological polar surface area (TPSA) is 79.5 Å². The van der Waals surface area contributed by atoms with E-state index in [-0.39, 0.29) is 23.0 Å². The van der Waals surface area contributed by atoms with Gasteiger partial charge in [0.05, 0.1) is 10.6 Å². The number of thioether (sulfide) groups is 1. The Hall–Kier alpha value is -2.36. The van der Waals surface area contributed by atoms with E-state index in [1.807, 2.05) is 40.7 Å². The molecule has 2 atom stereocenters. The largest absolute Gasteiger partial charge is 0.457 e. The molecule has 0 spiro atoms. The number of amides is 2. The first-order valence-electron chi connectivity index (χ1n) is 11.8. The summed E-state index contributed by atoms with van der Waals surface area (Å²) in [5.41, 5.74) is 2.94. The third kappa shape index (κ3) is 5.90. The van der Waals surface area contributed by atoms with E-state index < -0.39 is 11.6 Å². The van der Waals surface area contributed by atoms with Gasteiger partial charge in [-0.2, -0.15) is 0 Å². The summed E-state index contributed by atoms with van der Waals surface area (Å²) < 4.78 is 19.5. The second-order valence-corrected chi connectivity index (χ2v) is 12.4. The normalized spacial score (nSPS) is 19.9. The van der Waals surface area contributed by atoms with E-state index in [4.69, 9.17) is 4.74 Å². The van der Waals surface area contributed by atoms with Crippen molar-refractivity contribution in [3.8, 4) is 10.4 Å². The minimum atomic E-state index is -0.617. The Morgan fingerprint density at radius 2 is 2.03 bits per heavy atom. The molecule has 0 bridgehead atoms. The van der Waals surface area contributed by atoms with Crippen LogP contribution in [0.2, 0.25) is 0 Å². The molecule has 35 heavy (non-hydrogen) atoms. The molecule has 9 heteroatoms. The zero-order valence-electron chi connectivity index (χ0n) is 20.7. The molecule has 0 saturated carbocycles.